The van der Waals surface area contributed by atoms with Gasteiger partial charge in [-0.1, -0.05) is 68.3 Å². The van der Waals surface area contributed by atoms with Crippen molar-refractivity contribution in [1.29, 1.82) is 0 Å². The average molecular weight is 338 g/mol. The van der Waals surface area contributed by atoms with Crippen LogP contribution in [0.15, 0.2) is 57.5 Å². The molecule has 2 heteroatoms. The maximum Gasteiger partial charge on any atom is 0.0175 e. The number of halogens is 2. The molecule has 2 aromatic rings. The van der Waals surface area contributed by atoms with Crippen LogP contribution in [-0.4, -0.2) is 0 Å². The van der Waals surface area contributed by atoms with Gasteiger partial charge in [0, 0.05) is 8.95 Å². The van der Waals surface area contributed by atoms with Gasteiger partial charge in [-0.05, 0) is 35.4 Å². The molecule has 0 aliphatic carbocycles. The van der Waals surface area contributed by atoms with Crippen LogP contribution < -0.4 is 0 Å². The Bertz CT molecular complexity index is 434. The van der Waals surface area contributed by atoms with Crippen molar-refractivity contribution in [2.45, 2.75) is 0 Å². The predicted molar refractivity (Wildman–Crippen MR) is 77.2 cm³/mol. The Morgan fingerprint density at radius 3 is 1.19 bits per heavy atom. The number of benzene rings is 2. The van der Waals surface area contributed by atoms with Crippen molar-refractivity contribution in [3.63, 3.8) is 0 Å². The molecule has 0 amide bonds. The summed E-state index contributed by atoms with van der Waals surface area (Å²) >= 11 is 6.84. The summed E-state index contributed by atoms with van der Waals surface area (Å²) in [6, 6.07) is 16.5. The molecule has 0 saturated carbocycles. The van der Waals surface area contributed by atoms with Gasteiger partial charge >= 0.3 is 0 Å². The van der Waals surface area contributed by atoms with E-state index in [0.717, 1.165) is 8.95 Å². The Hall–Kier alpha value is -0.860. The molecule has 0 heterocycles. The number of hydrogen-bond acceptors (Lipinski definition) is 0. The Labute approximate surface area is 112 Å². The molecule has 2 rings (SSSR count). The summed E-state index contributed by atoms with van der Waals surface area (Å²) in [5.41, 5.74) is 2.40. The fraction of sp³-hybridized carbons (Fsp3) is 0. The zero-order chi connectivity index (χ0) is 11.4. The molecule has 0 nitrogen and oxygen atoms in total. The van der Waals surface area contributed by atoms with E-state index >= 15 is 0 Å². The van der Waals surface area contributed by atoms with Crippen LogP contribution in [0.5, 0.6) is 0 Å². The normalized spacial score (nSPS) is 10.9. The first-order valence-corrected chi connectivity index (χ1v) is 6.52. The van der Waals surface area contributed by atoms with Crippen LogP contribution in [0.25, 0.3) is 12.2 Å². The van der Waals surface area contributed by atoms with Crippen molar-refractivity contribution in [2.75, 3.05) is 0 Å². The standard InChI is InChI=1S/C14H10Br2/c15-13-7-3-11(4-8-13)1-2-12-5-9-14(16)10-6-12/h1-10H/b2-1+. The maximum atomic E-state index is 3.42. The highest BCUT2D eigenvalue weighted by atomic mass is 79.9. The molecule has 0 unspecified atom stereocenters. The van der Waals surface area contributed by atoms with Gasteiger partial charge in [0.2, 0.25) is 0 Å². The predicted octanol–water partition coefficient (Wildman–Crippen LogP) is 5.38. The minimum absolute atomic E-state index is 1.10. The van der Waals surface area contributed by atoms with Crippen molar-refractivity contribution in [2.24, 2.45) is 0 Å². The van der Waals surface area contributed by atoms with E-state index in [1.54, 1.807) is 0 Å². The first-order chi connectivity index (χ1) is 7.74. The van der Waals surface area contributed by atoms with E-state index in [4.69, 9.17) is 0 Å². The summed E-state index contributed by atoms with van der Waals surface area (Å²) in [5, 5.41) is 0. The summed E-state index contributed by atoms with van der Waals surface area (Å²) in [5.74, 6) is 0. The van der Waals surface area contributed by atoms with E-state index in [1.165, 1.54) is 11.1 Å². The smallest absolute Gasteiger partial charge is 0.0175 e. The van der Waals surface area contributed by atoms with E-state index in [-0.39, 0.29) is 0 Å². The lowest BCUT2D eigenvalue weighted by molar-refractivity contribution is 1.60. The van der Waals surface area contributed by atoms with Gasteiger partial charge in [-0.25, -0.2) is 0 Å². The molecule has 0 aliphatic rings. The monoisotopic (exact) mass is 336 g/mol. The summed E-state index contributed by atoms with van der Waals surface area (Å²) in [6.07, 6.45) is 4.21. The van der Waals surface area contributed by atoms with E-state index < -0.39 is 0 Å². The van der Waals surface area contributed by atoms with Gasteiger partial charge in [-0.15, -0.1) is 0 Å². The van der Waals surface area contributed by atoms with Crippen molar-refractivity contribution in [1.82, 2.24) is 0 Å². The second-order valence-corrected chi connectivity index (χ2v) is 5.27. The number of rotatable bonds is 2. The Morgan fingerprint density at radius 2 is 0.875 bits per heavy atom. The van der Waals surface area contributed by atoms with Crippen LogP contribution >= 0.6 is 31.9 Å². The molecule has 16 heavy (non-hydrogen) atoms. The average Bonchev–Trinajstić information content (AvgIpc) is 2.30. The van der Waals surface area contributed by atoms with Gasteiger partial charge in [0.25, 0.3) is 0 Å². The Morgan fingerprint density at radius 1 is 0.562 bits per heavy atom. The molecular weight excluding hydrogens is 328 g/mol. The fourth-order valence-corrected chi connectivity index (χ4v) is 1.87. The summed E-state index contributed by atoms with van der Waals surface area (Å²) in [4.78, 5) is 0. The third-order valence-electron chi connectivity index (χ3n) is 2.21. The molecule has 0 fully saturated rings. The SMILES string of the molecule is Brc1ccc(/C=C/c2ccc(Br)cc2)cc1. The quantitative estimate of drug-likeness (QED) is 0.645. The zero-order valence-electron chi connectivity index (χ0n) is 8.53. The lowest BCUT2D eigenvalue weighted by Gasteiger charge is -1.95. The molecule has 0 radical (unpaired) electrons. The van der Waals surface area contributed by atoms with Crippen LogP contribution in [-0.2, 0) is 0 Å². The van der Waals surface area contributed by atoms with Crippen LogP contribution in [0.4, 0.5) is 0 Å². The molecule has 0 saturated heterocycles. The van der Waals surface area contributed by atoms with Gasteiger partial charge in [-0.2, -0.15) is 0 Å². The largest absolute Gasteiger partial charge is 0.0544 e. The molecule has 2 aromatic carbocycles. The van der Waals surface area contributed by atoms with Crippen molar-refractivity contribution < 1.29 is 0 Å². The number of hydrogen-bond donors (Lipinski definition) is 0. The molecule has 0 aliphatic heterocycles. The molecule has 0 spiro atoms. The Kier molecular flexibility index (Phi) is 3.97. The van der Waals surface area contributed by atoms with Gasteiger partial charge < -0.3 is 0 Å². The lowest BCUT2D eigenvalue weighted by Crippen LogP contribution is -1.73. The summed E-state index contributed by atoms with van der Waals surface area (Å²) in [7, 11) is 0. The van der Waals surface area contributed by atoms with Gasteiger partial charge in [0.05, 0.1) is 0 Å². The first kappa shape index (κ1) is 11.6. The second kappa shape index (κ2) is 5.46. The van der Waals surface area contributed by atoms with Crippen molar-refractivity contribution in [3.8, 4) is 0 Å². The molecular formula is C14H10Br2. The van der Waals surface area contributed by atoms with Gasteiger partial charge in [0.1, 0.15) is 0 Å². The Balaban J connectivity index is 2.15. The van der Waals surface area contributed by atoms with E-state index in [9.17, 15) is 0 Å². The van der Waals surface area contributed by atoms with E-state index in [0.29, 0.717) is 0 Å². The minimum atomic E-state index is 1.10. The topological polar surface area (TPSA) is 0 Å². The third kappa shape index (κ3) is 3.32. The summed E-state index contributed by atoms with van der Waals surface area (Å²) < 4.78 is 2.21. The molecule has 0 atom stereocenters. The van der Waals surface area contributed by atoms with Crippen molar-refractivity contribution in [3.05, 3.63) is 68.6 Å². The van der Waals surface area contributed by atoms with Crippen LogP contribution in [0.1, 0.15) is 11.1 Å². The first-order valence-electron chi connectivity index (χ1n) is 4.93. The molecule has 0 aromatic heterocycles. The molecule has 0 N–H and O–H groups in total. The van der Waals surface area contributed by atoms with Crippen molar-refractivity contribution >= 4 is 44.0 Å². The van der Waals surface area contributed by atoms with E-state index in [2.05, 4.69) is 68.3 Å². The van der Waals surface area contributed by atoms with Crippen LogP contribution in [0.2, 0.25) is 0 Å². The van der Waals surface area contributed by atoms with Gasteiger partial charge in [-0.3, -0.25) is 0 Å². The zero-order valence-corrected chi connectivity index (χ0v) is 11.7. The third-order valence-corrected chi connectivity index (χ3v) is 3.27. The second-order valence-electron chi connectivity index (χ2n) is 3.44. The fourth-order valence-electron chi connectivity index (χ4n) is 1.34. The van der Waals surface area contributed by atoms with Crippen LogP contribution in [0, 0.1) is 0 Å². The van der Waals surface area contributed by atoms with Gasteiger partial charge in [0.15, 0.2) is 0 Å². The highest BCUT2D eigenvalue weighted by molar-refractivity contribution is 9.10. The van der Waals surface area contributed by atoms with Crippen LogP contribution in [0.3, 0.4) is 0 Å². The molecule has 80 valence electrons. The highest BCUT2D eigenvalue weighted by Crippen LogP contribution is 2.15. The maximum absolute atomic E-state index is 3.42. The summed E-state index contributed by atoms with van der Waals surface area (Å²) in [6.45, 7) is 0. The minimum Gasteiger partial charge on any atom is -0.0544 e. The van der Waals surface area contributed by atoms with E-state index in [1.807, 2.05) is 24.3 Å². The molecule has 0 bridgehead atoms. The lowest BCUT2D eigenvalue weighted by atomic mass is 10.1. The highest BCUT2D eigenvalue weighted by Gasteiger charge is 1.89.